The zero-order chi connectivity index (χ0) is 20.9. The molecule has 1 saturated carbocycles. The van der Waals surface area contributed by atoms with Crippen LogP contribution in [-0.2, 0) is 12.2 Å². The molecule has 2 fully saturated rings. The van der Waals surface area contributed by atoms with Crippen molar-refractivity contribution in [2.45, 2.75) is 44.0 Å². The van der Waals surface area contributed by atoms with Crippen molar-refractivity contribution in [2.75, 3.05) is 44.2 Å². The summed E-state index contributed by atoms with van der Waals surface area (Å²) in [5, 5.41) is 3.71. The molecule has 7 nitrogen and oxygen atoms in total. The molecule has 1 amide bonds. The summed E-state index contributed by atoms with van der Waals surface area (Å²) in [4.78, 5) is 25.7. The minimum absolute atomic E-state index is 0.127. The number of piperazine rings is 1. The molecule has 30 heavy (non-hydrogen) atoms. The van der Waals surface area contributed by atoms with Gasteiger partial charge in [0.1, 0.15) is 11.6 Å². The molecule has 3 heterocycles. The number of quaternary nitrogens is 1. The first-order valence-electron chi connectivity index (χ1n) is 11.1. The average molecular weight is 431 g/mol. The van der Waals surface area contributed by atoms with Crippen LogP contribution in [0.1, 0.15) is 48.7 Å². The topological polar surface area (TPSA) is 75.7 Å². The Morgan fingerprint density at radius 3 is 2.77 bits per heavy atom. The predicted molar refractivity (Wildman–Crippen MR) is 118 cm³/mol. The van der Waals surface area contributed by atoms with Gasteiger partial charge in [0.15, 0.2) is 10.9 Å². The van der Waals surface area contributed by atoms with Crippen LogP contribution in [0.4, 0.5) is 5.82 Å². The highest BCUT2D eigenvalue weighted by molar-refractivity contribution is 7.98. The summed E-state index contributed by atoms with van der Waals surface area (Å²) in [7, 11) is 0. The second-order valence-electron chi connectivity index (χ2n) is 8.15. The van der Waals surface area contributed by atoms with Gasteiger partial charge in [0, 0.05) is 18.3 Å². The number of amides is 1. The summed E-state index contributed by atoms with van der Waals surface area (Å²) < 4.78 is 5.75. The van der Waals surface area contributed by atoms with Gasteiger partial charge in [-0.3, -0.25) is 4.79 Å². The van der Waals surface area contributed by atoms with Gasteiger partial charge in [-0.05, 0) is 44.2 Å². The maximum atomic E-state index is 12.2. The standard InChI is InChI=1S/C22H31N5O2S/c1-3-17-13-20(27-11-9-26(4-2)10-12-27)25-22(24-17)30-15-18-7-8-19(29-18)21(28)23-14-16-5-6-16/h7-8,13,16H,3-6,9-12,14-15H2,1-2H3,(H,23,28)/p+1. The van der Waals surface area contributed by atoms with Gasteiger partial charge in [0.25, 0.3) is 5.91 Å². The molecule has 1 saturated heterocycles. The van der Waals surface area contributed by atoms with Crippen LogP contribution in [0.15, 0.2) is 27.8 Å². The number of carbonyl (C=O) groups excluding carboxylic acids is 1. The smallest absolute Gasteiger partial charge is 0.287 e. The molecule has 0 radical (unpaired) electrons. The van der Waals surface area contributed by atoms with Crippen molar-refractivity contribution in [3.63, 3.8) is 0 Å². The molecule has 8 heteroatoms. The molecule has 0 atom stereocenters. The van der Waals surface area contributed by atoms with Crippen LogP contribution >= 0.6 is 11.8 Å². The van der Waals surface area contributed by atoms with Crippen LogP contribution in [-0.4, -0.2) is 55.1 Å². The average Bonchev–Trinajstić information content (AvgIpc) is 3.50. The first-order chi connectivity index (χ1) is 14.6. The number of hydrogen-bond acceptors (Lipinski definition) is 6. The molecule has 0 spiro atoms. The Hall–Kier alpha value is -2.06. The summed E-state index contributed by atoms with van der Waals surface area (Å²) in [5.41, 5.74) is 1.06. The van der Waals surface area contributed by atoms with Crippen LogP contribution < -0.4 is 15.1 Å². The first kappa shape index (κ1) is 21.2. The number of furan rings is 1. The molecular weight excluding hydrogens is 398 g/mol. The number of thioether (sulfide) groups is 1. The Morgan fingerprint density at radius 2 is 2.07 bits per heavy atom. The molecular formula is C22H32N5O2S+. The van der Waals surface area contributed by atoms with Gasteiger partial charge < -0.3 is 19.5 Å². The zero-order valence-corrected chi connectivity index (χ0v) is 18.8. The van der Waals surface area contributed by atoms with E-state index >= 15 is 0 Å². The van der Waals surface area contributed by atoms with Gasteiger partial charge in [-0.15, -0.1) is 0 Å². The Labute approximate surface area is 182 Å². The SMILES string of the molecule is CCc1cc(N2CC[NH+](CC)CC2)nc(SCc2ccc(C(=O)NCC3CC3)o2)n1. The summed E-state index contributed by atoms with van der Waals surface area (Å²) in [6.45, 7) is 10.7. The van der Waals surface area contributed by atoms with Crippen molar-refractivity contribution in [3.05, 3.63) is 35.4 Å². The van der Waals surface area contributed by atoms with Crippen molar-refractivity contribution >= 4 is 23.5 Å². The van der Waals surface area contributed by atoms with Crippen molar-refractivity contribution in [1.82, 2.24) is 15.3 Å². The lowest BCUT2D eigenvalue weighted by Crippen LogP contribution is -3.14. The van der Waals surface area contributed by atoms with Crippen LogP contribution in [0.5, 0.6) is 0 Å². The highest BCUT2D eigenvalue weighted by Gasteiger charge is 2.23. The first-order valence-corrected chi connectivity index (χ1v) is 12.1. The summed E-state index contributed by atoms with van der Waals surface area (Å²) in [6.07, 6.45) is 3.32. The lowest BCUT2D eigenvalue weighted by atomic mass is 10.2. The van der Waals surface area contributed by atoms with Crippen LogP contribution in [0, 0.1) is 5.92 Å². The number of rotatable bonds is 9. The number of likely N-dealkylation sites (N-methyl/N-ethyl adjacent to an activating group) is 1. The molecule has 2 aliphatic rings. The zero-order valence-electron chi connectivity index (χ0n) is 17.9. The van der Waals surface area contributed by atoms with Crippen LogP contribution in [0.3, 0.4) is 0 Å². The molecule has 0 aromatic carbocycles. The third kappa shape index (κ3) is 5.55. The Balaban J connectivity index is 1.36. The number of carbonyl (C=O) groups is 1. The van der Waals surface area contributed by atoms with E-state index < -0.39 is 0 Å². The maximum absolute atomic E-state index is 12.2. The van der Waals surface area contributed by atoms with Gasteiger partial charge in [0.2, 0.25) is 0 Å². The van der Waals surface area contributed by atoms with Gasteiger partial charge in [-0.25, -0.2) is 9.97 Å². The highest BCUT2D eigenvalue weighted by Crippen LogP contribution is 2.28. The van der Waals surface area contributed by atoms with Crippen molar-refractivity contribution in [1.29, 1.82) is 0 Å². The molecule has 0 unspecified atom stereocenters. The third-order valence-electron chi connectivity index (χ3n) is 5.88. The second kappa shape index (κ2) is 9.83. The fourth-order valence-electron chi connectivity index (χ4n) is 3.63. The van der Waals surface area contributed by atoms with Gasteiger partial charge in [-0.2, -0.15) is 0 Å². The monoisotopic (exact) mass is 430 g/mol. The lowest BCUT2D eigenvalue weighted by molar-refractivity contribution is -0.898. The minimum Gasteiger partial charge on any atom is -0.455 e. The quantitative estimate of drug-likeness (QED) is 0.467. The van der Waals surface area contributed by atoms with Crippen molar-refractivity contribution in [3.8, 4) is 0 Å². The largest absolute Gasteiger partial charge is 0.455 e. The van der Waals surface area contributed by atoms with Gasteiger partial charge in [-0.1, -0.05) is 18.7 Å². The number of aryl methyl sites for hydroxylation is 1. The summed E-state index contributed by atoms with van der Waals surface area (Å²) in [5.74, 6) is 3.31. The molecule has 2 aromatic rings. The van der Waals surface area contributed by atoms with E-state index in [1.165, 1.54) is 19.4 Å². The Kier molecular flexibility index (Phi) is 6.94. The third-order valence-corrected chi connectivity index (χ3v) is 6.75. The maximum Gasteiger partial charge on any atom is 0.287 e. The molecule has 162 valence electrons. The van der Waals surface area contributed by atoms with E-state index in [2.05, 4.69) is 35.1 Å². The van der Waals surface area contributed by atoms with Crippen LogP contribution in [0.2, 0.25) is 0 Å². The predicted octanol–water partition coefficient (Wildman–Crippen LogP) is 1.79. The van der Waals surface area contributed by atoms with E-state index in [0.29, 0.717) is 17.4 Å². The Bertz CT molecular complexity index is 859. The Morgan fingerprint density at radius 1 is 1.27 bits per heavy atom. The normalized spacial score (nSPS) is 17.3. The van der Waals surface area contributed by atoms with E-state index in [1.807, 2.05) is 6.07 Å². The second-order valence-corrected chi connectivity index (χ2v) is 9.09. The molecule has 4 rings (SSSR count). The number of hydrogen-bond donors (Lipinski definition) is 2. The molecule has 2 N–H and O–H groups in total. The van der Waals surface area contributed by atoms with E-state index in [-0.39, 0.29) is 5.91 Å². The van der Waals surface area contributed by atoms with E-state index in [1.54, 1.807) is 22.7 Å². The van der Waals surface area contributed by atoms with Gasteiger partial charge >= 0.3 is 0 Å². The number of aromatic nitrogens is 2. The fourth-order valence-corrected chi connectivity index (χ4v) is 4.40. The lowest BCUT2D eigenvalue weighted by Gasteiger charge is -2.32. The molecule has 2 aromatic heterocycles. The number of anilines is 1. The van der Waals surface area contributed by atoms with Crippen molar-refractivity contribution in [2.24, 2.45) is 5.92 Å². The molecule has 1 aliphatic heterocycles. The molecule has 1 aliphatic carbocycles. The van der Waals surface area contributed by atoms with Gasteiger partial charge in [0.05, 0.1) is 38.5 Å². The molecule has 0 bridgehead atoms. The van der Waals surface area contributed by atoms with E-state index in [9.17, 15) is 4.79 Å². The van der Waals surface area contributed by atoms with E-state index in [4.69, 9.17) is 9.40 Å². The van der Waals surface area contributed by atoms with Crippen molar-refractivity contribution < 1.29 is 14.1 Å². The minimum atomic E-state index is -0.127. The number of nitrogens with one attached hydrogen (secondary N) is 2. The van der Waals surface area contributed by atoms with E-state index in [0.717, 1.165) is 61.6 Å². The van der Waals surface area contributed by atoms with Crippen LogP contribution in [0.25, 0.3) is 0 Å². The highest BCUT2D eigenvalue weighted by atomic mass is 32.2. The number of nitrogens with zero attached hydrogens (tertiary/aromatic N) is 3. The summed E-state index contributed by atoms with van der Waals surface area (Å²) in [6, 6.07) is 5.75. The fraction of sp³-hybridized carbons (Fsp3) is 0.591. The summed E-state index contributed by atoms with van der Waals surface area (Å²) >= 11 is 1.56.